The van der Waals surface area contributed by atoms with Crippen molar-refractivity contribution in [1.29, 1.82) is 0 Å². The number of nitrogens with one attached hydrogen (secondary N) is 1. The van der Waals surface area contributed by atoms with Gasteiger partial charge in [0.25, 0.3) is 0 Å². The van der Waals surface area contributed by atoms with E-state index < -0.39 is 0 Å². The van der Waals surface area contributed by atoms with Crippen LogP contribution < -0.4 is 5.32 Å². The zero-order valence-corrected chi connectivity index (χ0v) is 11.1. The third kappa shape index (κ3) is 4.00. The van der Waals surface area contributed by atoms with Crippen LogP contribution in [0.25, 0.3) is 0 Å². The Bertz CT molecular complexity index is 337. The molecule has 0 saturated heterocycles. The molecule has 94 valence electrons. The molecule has 1 fully saturated rings. The molecule has 0 amide bonds. The monoisotopic (exact) mass is 253 g/mol. The van der Waals surface area contributed by atoms with Crippen LogP contribution >= 0.6 is 11.8 Å². The topological polar surface area (TPSA) is 12.0 Å². The van der Waals surface area contributed by atoms with Crippen LogP contribution in [0.1, 0.15) is 32.6 Å². The maximum Gasteiger partial charge on any atom is 0.123 e. The van der Waals surface area contributed by atoms with Crippen LogP contribution in [0.3, 0.4) is 0 Å². The van der Waals surface area contributed by atoms with Crippen LogP contribution in [0.2, 0.25) is 0 Å². The van der Waals surface area contributed by atoms with E-state index in [-0.39, 0.29) is 5.82 Å². The van der Waals surface area contributed by atoms with Crippen LogP contribution in [0, 0.1) is 5.82 Å². The molecule has 17 heavy (non-hydrogen) atoms. The molecule has 2 unspecified atom stereocenters. The highest BCUT2D eigenvalue weighted by Crippen LogP contribution is 2.33. The summed E-state index contributed by atoms with van der Waals surface area (Å²) >= 11 is 1.90. The highest BCUT2D eigenvalue weighted by atomic mass is 32.2. The molecule has 0 aliphatic heterocycles. The van der Waals surface area contributed by atoms with E-state index in [9.17, 15) is 4.39 Å². The Hall–Kier alpha value is -0.540. The van der Waals surface area contributed by atoms with E-state index in [1.54, 1.807) is 12.1 Å². The van der Waals surface area contributed by atoms with Gasteiger partial charge in [-0.15, -0.1) is 11.8 Å². The Kier molecular flexibility index (Phi) is 4.86. The minimum absolute atomic E-state index is 0.150. The molecule has 2 atom stereocenters. The number of hydrogen-bond donors (Lipinski definition) is 1. The predicted molar refractivity (Wildman–Crippen MR) is 72.0 cm³/mol. The molecule has 0 heterocycles. The van der Waals surface area contributed by atoms with Crippen LogP contribution in [0.15, 0.2) is 29.2 Å². The summed E-state index contributed by atoms with van der Waals surface area (Å²) in [6, 6.07) is 7.54. The van der Waals surface area contributed by atoms with Gasteiger partial charge in [-0.05, 0) is 50.1 Å². The van der Waals surface area contributed by atoms with Gasteiger partial charge < -0.3 is 5.32 Å². The predicted octanol–water partition coefficient (Wildman–Crippen LogP) is 3.84. The molecule has 2 rings (SSSR count). The van der Waals surface area contributed by atoms with E-state index in [0.29, 0.717) is 11.3 Å². The van der Waals surface area contributed by atoms with Crippen molar-refractivity contribution in [2.24, 2.45) is 0 Å². The van der Waals surface area contributed by atoms with Crippen LogP contribution in [-0.2, 0) is 0 Å². The molecule has 0 radical (unpaired) electrons. The maximum absolute atomic E-state index is 12.8. The summed E-state index contributed by atoms with van der Waals surface area (Å²) in [5, 5.41) is 4.21. The average Bonchev–Trinajstić information content (AvgIpc) is 2.33. The molecular weight excluding hydrogens is 233 g/mol. The standard InChI is InChI=1S/C14H20FNS/c1-2-16-12-4-3-5-14(10-12)17-13-8-6-11(15)7-9-13/h6-9,12,14,16H,2-5,10H2,1H3. The lowest BCUT2D eigenvalue weighted by molar-refractivity contribution is 0.388. The zero-order valence-electron chi connectivity index (χ0n) is 10.3. The van der Waals surface area contributed by atoms with Gasteiger partial charge >= 0.3 is 0 Å². The van der Waals surface area contributed by atoms with Gasteiger partial charge in [0, 0.05) is 16.2 Å². The van der Waals surface area contributed by atoms with Crippen molar-refractivity contribution >= 4 is 11.8 Å². The Morgan fingerprint density at radius 2 is 2.06 bits per heavy atom. The number of rotatable bonds is 4. The van der Waals surface area contributed by atoms with Crippen LogP contribution in [-0.4, -0.2) is 17.8 Å². The first kappa shape index (κ1) is 12.9. The number of halogens is 1. The largest absolute Gasteiger partial charge is 0.314 e. The molecule has 1 N–H and O–H groups in total. The van der Waals surface area contributed by atoms with Crippen LogP contribution in [0.5, 0.6) is 0 Å². The van der Waals surface area contributed by atoms with Gasteiger partial charge in [-0.3, -0.25) is 0 Å². The van der Waals surface area contributed by atoms with Gasteiger partial charge in [-0.1, -0.05) is 13.3 Å². The van der Waals surface area contributed by atoms with Gasteiger partial charge in [0.15, 0.2) is 0 Å². The molecule has 1 aliphatic carbocycles. The highest BCUT2D eigenvalue weighted by molar-refractivity contribution is 8.00. The van der Waals surface area contributed by atoms with Gasteiger partial charge in [0.05, 0.1) is 0 Å². The summed E-state index contributed by atoms with van der Waals surface area (Å²) in [4.78, 5) is 1.19. The van der Waals surface area contributed by atoms with Crippen molar-refractivity contribution in [3.63, 3.8) is 0 Å². The van der Waals surface area contributed by atoms with E-state index in [0.717, 1.165) is 6.54 Å². The molecule has 1 saturated carbocycles. The third-order valence-corrected chi connectivity index (χ3v) is 4.54. The Morgan fingerprint density at radius 3 is 2.76 bits per heavy atom. The van der Waals surface area contributed by atoms with Gasteiger partial charge in [-0.25, -0.2) is 4.39 Å². The van der Waals surface area contributed by atoms with Crippen molar-refractivity contribution in [3.8, 4) is 0 Å². The fourth-order valence-electron chi connectivity index (χ4n) is 2.43. The summed E-state index contributed by atoms with van der Waals surface area (Å²) in [6.45, 7) is 3.22. The first-order chi connectivity index (χ1) is 8.28. The third-order valence-electron chi connectivity index (χ3n) is 3.24. The van der Waals surface area contributed by atoms with E-state index in [1.807, 2.05) is 23.9 Å². The second-order valence-corrected chi connectivity index (χ2v) is 5.99. The minimum atomic E-state index is -0.150. The summed E-state index contributed by atoms with van der Waals surface area (Å²) in [7, 11) is 0. The first-order valence-electron chi connectivity index (χ1n) is 6.43. The molecule has 1 aromatic rings. The Balaban J connectivity index is 1.87. The molecule has 1 nitrogen and oxygen atoms in total. The van der Waals surface area contributed by atoms with Crippen molar-refractivity contribution in [1.82, 2.24) is 5.32 Å². The van der Waals surface area contributed by atoms with Gasteiger partial charge in [-0.2, -0.15) is 0 Å². The molecular formula is C14H20FNS. The second-order valence-electron chi connectivity index (χ2n) is 4.61. The molecule has 0 bridgehead atoms. The lowest BCUT2D eigenvalue weighted by Crippen LogP contribution is -2.34. The van der Waals surface area contributed by atoms with Crippen molar-refractivity contribution in [2.75, 3.05) is 6.54 Å². The van der Waals surface area contributed by atoms with E-state index in [1.165, 1.54) is 30.6 Å². The summed E-state index contributed by atoms with van der Waals surface area (Å²) in [5.41, 5.74) is 0. The van der Waals surface area contributed by atoms with Gasteiger partial charge in [0.1, 0.15) is 5.82 Å². The second kappa shape index (κ2) is 6.41. The fraction of sp³-hybridized carbons (Fsp3) is 0.571. The van der Waals surface area contributed by atoms with Gasteiger partial charge in [0.2, 0.25) is 0 Å². The molecule has 3 heteroatoms. The fourth-order valence-corrected chi connectivity index (χ4v) is 3.72. The van der Waals surface area contributed by atoms with Crippen molar-refractivity contribution < 1.29 is 4.39 Å². The lowest BCUT2D eigenvalue weighted by Gasteiger charge is -2.29. The highest BCUT2D eigenvalue weighted by Gasteiger charge is 2.21. The molecule has 0 aromatic heterocycles. The Labute approximate surface area is 107 Å². The smallest absolute Gasteiger partial charge is 0.123 e. The summed E-state index contributed by atoms with van der Waals surface area (Å²) < 4.78 is 12.8. The Morgan fingerprint density at radius 1 is 1.29 bits per heavy atom. The average molecular weight is 253 g/mol. The van der Waals surface area contributed by atoms with Crippen molar-refractivity contribution in [2.45, 2.75) is 48.8 Å². The normalized spacial score (nSPS) is 24.8. The number of hydrogen-bond acceptors (Lipinski definition) is 2. The maximum atomic E-state index is 12.8. The molecule has 1 aromatic carbocycles. The van der Waals surface area contributed by atoms with Crippen molar-refractivity contribution in [3.05, 3.63) is 30.1 Å². The summed E-state index contributed by atoms with van der Waals surface area (Å²) in [6.07, 6.45) is 5.12. The van der Waals surface area contributed by atoms with E-state index in [2.05, 4.69) is 12.2 Å². The van der Waals surface area contributed by atoms with Crippen LogP contribution in [0.4, 0.5) is 4.39 Å². The number of thioether (sulfide) groups is 1. The lowest BCUT2D eigenvalue weighted by atomic mass is 9.95. The first-order valence-corrected chi connectivity index (χ1v) is 7.31. The molecule has 1 aliphatic rings. The SMILES string of the molecule is CCNC1CCCC(Sc2ccc(F)cc2)C1. The quantitative estimate of drug-likeness (QED) is 0.875. The van der Waals surface area contributed by atoms with E-state index >= 15 is 0 Å². The zero-order chi connectivity index (χ0) is 12.1. The number of benzene rings is 1. The summed E-state index contributed by atoms with van der Waals surface area (Å²) in [5.74, 6) is -0.150. The molecule has 0 spiro atoms. The van der Waals surface area contributed by atoms with E-state index in [4.69, 9.17) is 0 Å². The minimum Gasteiger partial charge on any atom is -0.314 e.